The van der Waals surface area contributed by atoms with Crippen molar-refractivity contribution in [3.63, 3.8) is 0 Å². The summed E-state index contributed by atoms with van der Waals surface area (Å²) in [6, 6.07) is 12.9. The Kier molecular flexibility index (Phi) is 4.94. The first-order valence-electron chi connectivity index (χ1n) is 8.94. The van der Waals surface area contributed by atoms with Crippen LogP contribution in [0.5, 0.6) is 0 Å². The van der Waals surface area contributed by atoms with Crippen molar-refractivity contribution < 1.29 is 9.69 Å². The number of amides is 1. The number of carbonyl (C=O) groups is 1. The molecule has 2 N–H and O–H groups in total. The van der Waals surface area contributed by atoms with Crippen LogP contribution < -0.4 is 10.2 Å². The van der Waals surface area contributed by atoms with Crippen molar-refractivity contribution in [1.29, 1.82) is 0 Å². The lowest BCUT2D eigenvalue weighted by Gasteiger charge is -2.31. The maximum Gasteiger partial charge on any atom is 0.279 e. The van der Waals surface area contributed by atoms with Gasteiger partial charge < -0.3 is 10.2 Å². The average Bonchev–Trinajstić information content (AvgIpc) is 3.29. The van der Waals surface area contributed by atoms with Gasteiger partial charge in [-0.2, -0.15) is 0 Å². The van der Waals surface area contributed by atoms with Crippen molar-refractivity contribution in [3.05, 3.63) is 73.6 Å². The van der Waals surface area contributed by atoms with Crippen LogP contribution in [-0.4, -0.2) is 19.0 Å². The Balaban J connectivity index is 1.56. The zero-order valence-corrected chi connectivity index (χ0v) is 16.7. The fourth-order valence-electron chi connectivity index (χ4n) is 3.85. The maximum absolute atomic E-state index is 12.8. The highest BCUT2D eigenvalue weighted by molar-refractivity contribution is 7.10. The number of quaternary nitrogens is 1. The summed E-state index contributed by atoms with van der Waals surface area (Å²) in [5, 5.41) is 7.47. The molecule has 1 aromatic carbocycles. The Morgan fingerprint density at radius 3 is 2.65 bits per heavy atom. The number of hydrogen-bond donors (Lipinski definition) is 2. The first-order chi connectivity index (χ1) is 12.6. The number of anilines is 1. The minimum atomic E-state index is 0.0950. The lowest BCUT2D eigenvalue weighted by atomic mass is 9.98. The van der Waals surface area contributed by atoms with E-state index in [-0.39, 0.29) is 11.9 Å². The SMILES string of the molecule is Cc1cccc(C)c1NC(=O)C[NH+]1CCc2sccc2[C@@H]1c1cccs1. The predicted molar refractivity (Wildman–Crippen MR) is 109 cm³/mol. The van der Waals surface area contributed by atoms with Crippen molar-refractivity contribution in [1.82, 2.24) is 0 Å². The summed E-state index contributed by atoms with van der Waals surface area (Å²) in [5.41, 5.74) is 4.58. The first kappa shape index (κ1) is 17.5. The zero-order valence-electron chi connectivity index (χ0n) is 15.0. The van der Waals surface area contributed by atoms with E-state index in [4.69, 9.17) is 0 Å². The highest BCUT2D eigenvalue weighted by Crippen LogP contribution is 2.31. The van der Waals surface area contributed by atoms with Crippen LogP contribution in [0.3, 0.4) is 0 Å². The summed E-state index contributed by atoms with van der Waals surface area (Å²) in [5.74, 6) is 0.0950. The van der Waals surface area contributed by atoms with Gasteiger partial charge in [0.2, 0.25) is 0 Å². The van der Waals surface area contributed by atoms with Crippen LogP contribution in [-0.2, 0) is 11.2 Å². The molecule has 0 bridgehead atoms. The average molecular weight is 384 g/mol. The van der Waals surface area contributed by atoms with Gasteiger partial charge in [0.05, 0.1) is 11.4 Å². The Morgan fingerprint density at radius 2 is 1.92 bits per heavy atom. The third-order valence-electron chi connectivity index (χ3n) is 5.13. The second-order valence-corrected chi connectivity index (χ2v) is 8.88. The van der Waals surface area contributed by atoms with Crippen molar-refractivity contribution in [2.75, 3.05) is 18.4 Å². The number of rotatable bonds is 4. The Hall–Kier alpha value is -1.95. The number of aryl methyl sites for hydroxylation is 2. The number of fused-ring (bicyclic) bond motifs is 1. The van der Waals surface area contributed by atoms with Crippen LogP contribution in [0.1, 0.15) is 32.5 Å². The summed E-state index contributed by atoms with van der Waals surface area (Å²) >= 11 is 3.63. The molecule has 1 amide bonds. The minimum Gasteiger partial charge on any atom is -0.321 e. The van der Waals surface area contributed by atoms with Crippen LogP contribution >= 0.6 is 22.7 Å². The number of carbonyl (C=O) groups excluding carboxylic acids is 1. The molecular formula is C21H23N2OS2+. The second kappa shape index (κ2) is 7.35. The molecule has 3 heterocycles. The highest BCUT2D eigenvalue weighted by atomic mass is 32.1. The maximum atomic E-state index is 12.8. The van der Waals surface area contributed by atoms with E-state index in [1.807, 2.05) is 43.4 Å². The molecular weight excluding hydrogens is 360 g/mol. The van der Waals surface area contributed by atoms with Gasteiger partial charge in [0.1, 0.15) is 6.04 Å². The molecule has 26 heavy (non-hydrogen) atoms. The van der Waals surface area contributed by atoms with Gasteiger partial charge in [-0.1, -0.05) is 24.3 Å². The lowest BCUT2D eigenvalue weighted by molar-refractivity contribution is -0.919. The standard InChI is InChI=1S/C21H22N2OS2/c1-14-5-3-6-15(2)20(14)22-19(24)13-23-10-8-17-16(9-12-26-17)21(23)18-7-4-11-25-18/h3-7,9,11-12,21H,8,10,13H2,1-2H3,(H,22,24)/p+1/t21-/m1/s1. The molecule has 1 aliphatic heterocycles. The minimum absolute atomic E-state index is 0.0950. The van der Waals surface area contributed by atoms with E-state index in [0.717, 1.165) is 29.8 Å². The van der Waals surface area contributed by atoms with Gasteiger partial charge in [-0.05, 0) is 47.9 Å². The zero-order chi connectivity index (χ0) is 18.1. The monoisotopic (exact) mass is 383 g/mol. The molecule has 0 spiro atoms. The van der Waals surface area contributed by atoms with E-state index in [1.165, 1.54) is 20.2 Å². The largest absolute Gasteiger partial charge is 0.321 e. The van der Waals surface area contributed by atoms with Crippen LogP contribution in [0.2, 0.25) is 0 Å². The lowest BCUT2D eigenvalue weighted by Crippen LogP contribution is -3.14. The number of nitrogens with one attached hydrogen (secondary N) is 2. The summed E-state index contributed by atoms with van der Waals surface area (Å²) in [6.07, 6.45) is 1.06. The second-order valence-electron chi connectivity index (χ2n) is 6.90. The third-order valence-corrected chi connectivity index (χ3v) is 7.07. The molecule has 0 aliphatic carbocycles. The van der Waals surface area contributed by atoms with Gasteiger partial charge in [0.25, 0.3) is 5.91 Å². The Bertz CT molecular complexity index is 894. The van der Waals surface area contributed by atoms with E-state index in [9.17, 15) is 4.79 Å². The van der Waals surface area contributed by atoms with Gasteiger partial charge in [-0.15, -0.1) is 22.7 Å². The first-order valence-corrected chi connectivity index (χ1v) is 10.7. The van der Waals surface area contributed by atoms with Gasteiger partial charge in [-0.25, -0.2) is 0 Å². The molecule has 1 aliphatic rings. The molecule has 0 radical (unpaired) electrons. The molecule has 4 rings (SSSR count). The predicted octanol–water partition coefficient (Wildman–Crippen LogP) is 3.60. The summed E-state index contributed by atoms with van der Waals surface area (Å²) < 4.78 is 0. The molecule has 134 valence electrons. The Morgan fingerprint density at radius 1 is 1.12 bits per heavy atom. The van der Waals surface area contributed by atoms with E-state index < -0.39 is 0 Å². The smallest absolute Gasteiger partial charge is 0.279 e. The summed E-state index contributed by atoms with van der Waals surface area (Å²) in [4.78, 5) is 17.0. The third kappa shape index (κ3) is 3.34. The van der Waals surface area contributed by atoms with E-state index in [0.29, 0.717) is 6.54 Å². The molecule has 3 nitrogen and oxygen atoms in total. The van der Waals surface area contributed by atoms with Crippen molar-refractivity contribution in [2.45, 2.75) is 26.3 Å². The molecule has 0 saturated carbocycles. The molecule has 0 saturated heterocycles. The summed E-state index contributed by atoms with van der Waals surface area (Å²) in [7, 11) is 0. The Labute approximate surface area is 162 Å². The molecule has 2 aromatic heterocycles. The fourth-order valence-corrected chi connectivity index (χ4v) is 5.67. The number of para-hydroxylation sites is 1. The normalized spacial score (nSPS) is 19.2. The molecule has 5 heteroatoms. The number of hydrogen-bond acceptors (Lipinski definition) is 3. The van der Waals surface area contributed by atoms with Crippen molar-refractivity contribution in [2.24, 2.45) is 0 Å². The van der Waals surface area contributed by atoms with Crippen LogP contribution in [0.4, 0.5) is 5.69 Å². The number of benzene rings is 1. The van der Waals surface area contributed by atoms with E-state index in [1.54, 1.807) is 11.3 Å². The van der Waals surface area contributed by atoms with Gasteiger partial charge in [0, 0.05) is 22.5 Å². The van der Waals surface area contributed by atoms with Gasteiger partial charge in [-0.3, -0.25) is 4.79 Å². The highest BCUT2D eigenvalue weighted by Gasteiger charge is 2.35. The van der Waals surface area contributed by atoms with Crippen molar-refractivity contribution >= 4 is 34.3 Å². The van der Waals surface area contributed by atoms with Gasteiger partial charge >= 0.3 is 0 Å². The van der Waals surface area contributed by atoms with Crippen LogP contribution in [0.15, 0.2) is 47.2 Å². The van der Waals surface area contributed by atoms with E-state index >= 15 is 0 Å². The molecule has 0 fully saturated rings. The topological polar surface area (TPSA) is 33.5 Å². The molecule has 1 unspecified atom stereocenters. The quantitative estimate of drug-likeness (QED) is 0.709. The van der Waals surface area contributed by atoms with E-state index in [2.05, 4.69) is 34.3 Å². The molecule has 2 atom stereocenters. The number of thiophene rings is 2. The van der Waals surface area contributed by atoms with Crippen LogP contribution in [0.25, 0.3) is 0 Å². The van der Waals surface area contributed by atoms with Gasteiger partial charge in [0.15, 0.2) is 6.54 Å². The fraction of sp³-hybridized carbons (Fsp3) is 0.286. The van der Waals surface area contributed by atoms with Crippen molar-refractivity contribution in [3.8, 4) is 0 Å². The van der Waals surface area contributed by atoms with Crippen LogP contribution in [0, 0.1) is 13.8 Å². The summed E-state index contributed by atoms with van der Waals surface area (Å²) in [6.45, 7) is 5.58. The molecule has 3 aromatic rings.